The third-order valence-electron chi connectivity index (χ3n) is 5.31. The maximum absolute atomic E-state index is 13.3. The highest BCUT2D eigenvalue weighted by atomic mass is 127. The Morgan fingerprint density at radius 2 is 1.65 bits per heavy atom. The summed E-state index contributed by atoms with van der Waals surface area (Å²) in [5, 5.41) is 2.26. The predicted molar refractivity (Wildman–Crippen MR) is 147 cm³/mol. The van der Waals surface area contributed by atoms with E-state index in [-0.39, 0.29) is 12.1 Å². The predicted octanol–water partition coefficient (Wildman–Crippen LogP) is 4.94. The van der Waals surface area contributed by atoms with E-state index in [0.29, 0.717) is 53.9 Å². The summed E-state index contributed by atoms with van der Waals surface area (Å²) < 4.78 is 23.4. The van der Waals surface area contributed by atoms with Crippen molar-refractivity contribution in [2.45, 2.75) is 40.2 Å². The molecule has 37 heavy (non-hydrogen) atoms. The van der Waals surface area contributed by atoms with Gasteiger partial charge in [-0.05, 0) is 83.8 Å². The quantitative estimate of drug-likeness (QED) is 0.203. The zero-order valence-electron chi connectivity index (χ0n) is 21.4. The van der Waals surface area contributed by atoms with Crippen LogP contribution in [-0.2, 0) is 16.1 Å². The number of carbonyl (C=O) groups excluding carboxylic acids is 3. The maximum atomic E-state index is 13.3. The standard InChI is InChI=1S/C27H31IN2O7/c1-5-10-36-21-9-8-17(14-22(21)34-4)16-30-26(32)19(25(31)29-27(30)33)12-18-13-20(28)24(37-11-6-2)23(15-18)35-7-3/h8-9,12-15H,5-7,10-11,16H2,1-4H3,(H,29,31,33)/b19-12+. The van der Waals surface area contributed by atoms with Crippen molar-refractivity contribution in [3.8, 4) is 23.0 Å². The fraction of sp³-hybridized carbons (Fsp3) is 0.370. The van der Waals surface area contributed by atoms with Gasteiger partial charge in [-0.3, -0.25) is 19.8 Å². The Hall–Kier alpha value is -3.28. The van der Waals surface area contributed by atoms with Crippen molar-refractivity contribution in [2.24, 2.45) is 0 Å². The van der Waals surface area contributed by atoms with Crippen LogP contribution in [0.15, 0.2) is 35.9 Å². The molecule has 1 heterocycles. The largest absolute Gasteiger partial charge is 0.493 e. The van der Waals surface area contributed by atoms with Crippen LogP contribution in [0.1, 0.15) is 44.7 Å². The SMILES string of the molecule is CCCOc1ccc(CN2C(=O)NC(=O)/C(=C\c3cc(I)c(OCCC)c(OCC)c3)C2=O)cc1OC. The topological polar surface area (TPSA) is 103 Å². The first kappa shape index (κ1) is 28.3. The lowest BCUT2D eigenvalue weighted by Crippen LogP contribution is -2.53. The Bertz CT molecular complexity index is 1200. The van der Waals surface area contributed by atoms with E-state index in [0.717, 1.165) is 21.3 Å². The smallest absolute Gasteiger partial charge is 0.331 e. The van der Waals surface area contributed by atoms with E-state index < -0.39 is 17.8 Å². The van der Waals surface area contributed by atoms with Crippen LogP contribution in [-0.4, -0.2) is 49.7 Å². The number of rotatable bonds is 12. The monoisotopic (exact) mass is 622 g/mol. The molecule has 3 rings (SSSR count). The number of amides is 4. The molecule has 0 spiro atoms. The Labute approximate surface area is 230 Å². The number of nitrogens with one attached hydrogen (secondary N) is 1. The third-order valence-corrected chi connectivity index (χ3v) is 6.11. The molecule has 1 aliphatic rings. The van der Waals surface area contributed by atoms with Gasteiger partial charge in [0.1, 0.15) is 5.57 Å². The van der Waals surface area contributed by atoms with Crippen LogP contribution < -0.4 is 24.3 Å². The molecule has 0 saturated carbocycles. The fourth-order valence-corrected chi connectivity index (χ4v) is 4.39. The lowest BCUT2D eigenvalue weighted by molar-refractivity contribution is -0.130. The van der Waals surface area contributed by atoms with Gasteiger partial charge in [0.15, 0.2) is 23.0 Å². The van der Waals surface area contributed by atoms with Gasteiger partial charge < -0.3 is 18.9 Å². The molecule has 1 fully saturated rings. The lowest BCUT2D eigenvalue weighted by atomic mass is 10.1. The molecular formula is C27H31IN2O7. The van der Waals surface area contributed by atoms with Crippen LogP contribution in [0.4, 0.5) is 4.79 Å². The van der Waals surface area contributed by atoms with Gasteiger partial charge in [-0.15, -0.1) is 0 Å². The molecule has 1 N–H and O–H groups in total. The number of barbiturate groups is 1. The molecule has 9 nitrogen and oxygen atoms in total. The van der Waals surface area contributed by atoms with Crippen molar-refractivity contribution in [1.82, 2.24) is 10.2 Å². The summed E-state index contributed by atoms with van der Waals surface area (Å²) in [5.74, 6) is 0.743. The molecule has 1 saturated heterocycles. The van der Waals surface area contributed by atoms with Gasteiger partial charge in [0, 0.05) is 0 Å². The van der Waals surface area contributed by atoms with Gasteiger partial charge in [0.05, 0.1) is 37.0 Å². The number of carbonyl (C=O) groups is 3. The highest BCUT2D eigenvalue weighted by Gasteiger charge is 2.36. The molecule has 0 aromatic heterocycles. The molecule has 0 atom stereocenters. The minimum Gasteiger partial charge on any atom is -0.493 e. The van der Waals surface area contributed by atoms with E-state index in [4.69, 9.17) is 18.9 Å². The van der Waals surface area contributed by atoms with Crippen LogP contribution in [0.25, 0.3) is 6.08 Å². The first-order chi connectivity index (χ1) is 17.8. The molecule has 10 heteroatoms. The summed E-state index contributed by atoms with van der Waals surface area (Å²) in [6.07, 6.45) is 3.14. The first-order valence-electron chi connectivity index (χ1n) is 12.1. The highest BCUT2D eigenvalue weighted by Crippen LogP contribution is 2.35. The number of nitrogens with zero attached hydrogens (tertiary/aromatic N) is 1. The van der Waals surface area contributed by atoms with Crippen molar-refractivity contribution in [2.75, 3.05) is 26.9 Å². The molecule has 1 aliphatic heterocycles. The van der Waals surface area contributed by atoms with Gasteiger partial charge in [-0.2, -0.15) is 0 Å². The Kier molecular flexibility index (Phi) is 10.2. The van der Waals surface area contributed by atoms with Crippen LogP contribution in [0.5, 0.6) is 23.0 Å². The summed E-state index contributed by atoms with van der Waals surface area (Å²) in [5.41, 5.74) is 1.06. The minimum absolute atomic E-state index is 0.0504. The average Bonchev–Trinajstić information content (AvgIpc) is 2.87. The number of urea groups is 1. The summed E-state index contributed by atoms with van der Waals surface area (Å²) in [4.78, 5) is 39.5. The van der Waals surface area contributed by atoms with Gasteiger partial charge in [0.2, 0.25) is 0 Å². The molecule has 0 radical (unpaired) electrons. The van der Waals surface area contributed by atoms with E-state index in [9.17, 15) is 14.4 Å². The third kappa shape index (κ3) is 6.94. The molecule has 0 bridgehead atoms. The number of hydrogen-bond acceptors (Lipinski definition) is 7. The zero-order valence-corrected chi connectivity index (χ0v) is 23.5. The van der Waals surface area contributed by atoms with Gasteiger partial charge >= 0.3 is 6.03 Å². The lowest BCUT2D eigenvalue weighted by Gasteiger charge is -2.26. The number of methoxy groups -OCH3 is 1. The van der Waals surface area contributed by atoms with Crippen molar-refractivity contribution in [1.29, 1.82) is 0 Å². The van der Waals surface area contributed by atoms with E-state index >= 15 is 0 Å². The number of hydrogen-bond donors (Lipinski definition) is 1. The van der Waals surface area contributed by atoms with Crippen molar-refractivity contribution >= 4 is 46.5 Å². The molecule has 198 valence electrons. The number of halogens is 1. The minimum atomic E-state index is -0.787. The summed E-state index contributed by atoms with van der Waals surface area (Å²) >= 11 is 2.13. The van der Waals surface area contributed by atoms with Crippen molar-refractivity contribution in [3.63, 3.8) is 0 Å². The molecule has 0 unspecified atom stereocenters. The van der Waals surface area contributed by atoms with E-state index in [1.165, 1.54) is 13.2 Å². The van der Waals surface area contributed by atoms with Crippen LogP contribution >= 0.6 is 22.6 Å². The highest BCUT2D eigenvalue weighted by molar-refractivity contribution is 14.1. The molecular weight excluding hydrogens is 591 g/mol. The van der Waals surface area contributed by atoms with Gasteiger partial charge in [-0.25, -0.2) is 4.79 Å². The second-order valence-electron chi connectivity index (χ2n) is 8.15. The Balaban J connectivity index is 1.90. The van der Waals surface area contributed by atoms with Crippen LogP contribution in [0, 0.1) is 3.57 Å². The van der Waals surface area contributed by atoms with Gasteiger partial charge in [-0.1, -0.05) is 19.9 Å². The van der Waals surface area contributed by atoms with Crippen LogP contribution in [0.3, 0.4) is 0 Å². The summed E-state index contributed by atoms with van der Waals surface area (Å²) in [6, 6.07) is 7.91. The normalized spacial score (nSPS) is 14.6. The second kappa shape index (κ2) is 13.3. The number of benzene rings is 2. The molecule has 2 aromatic rings. The molecule has 2 aromatic carbocycles. The van der Waals surface area contributed by atoms with E-state index in [1.807, 2.05) is 20.8 Å². The molecule has 0 aliphatic carbocycles. The van der Waals surface area contributed by atoms with Gasteiger partial charge in [0.25, 0.3) is 11.8 Å². The maximum Gasteiger partial charge on any atom is 0.331 e. The van der Waals surface area contributed by atoms with E-state index in [2.05, 4.69) is 27.9 Å². The first-order valence-corrected chi connectivity index (χ1v) is 13.2. The van der Waals surface area contributed by atoms with Crippen molar-refractivity contribution < 1.29 is 33.3 Å². The summed E-state index contributed by atoms with van der Waals surface area (Å²) in [7, 11) is 1.52. The Morgan fingerprint density at radius 1 is 0.919 bits per heavy atom. The second-order valence-corrected chi connectivity index (χ2v) is 9.32. The zero-order chi connectivity index (χ0) is 26.9. The van der Waals surface area contributed by atoms with Crippen molar-refractivity contribution in [3.05, 3.63) is 50.6 Å². The van der Waals surface area contributed by atoms with Crippen LogP contribution in [0.2, 0.25) is 0 Å². The Morgan fingerprint density at radius 3 is 2.32 bits per heavy atom. The van der Waals surface area contributed by atoms with E-state index in [1.54, 1.807) is 30.3 Å². The number of imide groups is 2. The fourth-order valence-electron chi connectivity index (χ4n) is 3.61. The average molecular weight is 622 g/mol. The summed E-state index contributed by atoms with van der Waals surface area (Å²) in [6.45, 7) is 7.31. The number of ether oxygens (including phenoxy) is 4. The molecule has 4 amide bonds.